The normalized spacial score (nSPS) is 12.2. The minimum absolute atomic E-state index is 0.0590. The molecule has 3 nitrogen and oxygen atoms in total. The minimum Gasteiger partial charge on any atom is -0.280 e. The highest BCUT2D eigenvalue weighted by Gasteiger charge is 2.30. The van der Waals surface area contributed by atoms with Crippen LogP contribution in [-0.2, 0) is 16.2 Å². The third-order valence-electron chi connectivity index (χ3n) is 2.67. The fraction of sp³-hybridized carbons (Fsp3) is 0.0769. The molecule has 0 aromatic heterocycles. The summed E-state index contributed by atoms with van der Waals surface area (Å²) in [4.78, 5) is -0.340. The van der Waals surface area contributed by atoms with E-state index in [9.17, 15) is 26.0 Å². The first kappa shape index (κ1) is 16.8. The molecule has 0 saturated heterocycles. The summed E-state index contributed by atoms with van der Waals surface area (Å²) in [5.74, 6) is -0.768. The van der Waals surface area contributed by atoms with Gasteiger partial charge in [-0.05, 0) is 58.4 Å². The van der Waals surface area contributed by atoms with Gasteiger partial charge in [0.1, 0.15) is 5.82 Å². The van der Waals surface area contributed by atoms with Crippen molar-refractivity contribution < 1.29 is 26.0 Å². The van der Waals surface area contributed by atoms with Crippen molar-refractivity contribution in [1.29, 1.82) is 0 Å². The Balaban J connectivity index is 2.27. The highest BCUT2D eigenvalue weighted by Crippen LogP contribution is 2.30. The van der Waals surface area contributed by atoms with Gasteiger partial charge < -0.3 is 0 Å². The van der Waals surface area contributed by atoms with E-state index in [1.54, 1.807) is 0 Å². The average Bonchev–Trinajstić information content (AvgIpc) is 2.41. The van der Waals surface area contributed by atoms with Crippen molar-refractivity contribution in [2.45, 2.75) is 11.1 Å². The third-order valence-corrected chi connectivity index (χ3v) is 4.69. The molecule has 0 aliphatic carbocycles. The van der Waals surface area contributed by atoms with Crippen LogP contribution in [0.2, 0.25) is 0 Å². The maximum atomic E-state index is 13.4. The molecule has 0 bridgehead atoms. The Morgan fingerprint density at radius 3 is 2.09 bits per heavy atom. The second-order valence-corrected chi connectivity index (χ2v) is 6.79. The zero-order valence-electron chi connectivity index (χ0n) is 10.7. The number of hydrogen-bond donors (Lipinski definition) is 1. The number of anilines is 1. The lowest BCUT2D eigenvalue weighted by atomic mass is 10.2. The van der Waals surface area contributed by atoms with Crippen LogP contribution in [0.15, 0.2) is 51.8 Å². The van der Waals surface area contributed by atoms with E-state index in [4.69, 9.17) is 0 Å². The molecule has 22 heavy (non-hydrogen) atoms. The molecule has 0 spiro atoms. The lowest BCUT2D eigenvalue weighted by Crippen LogP contribution is -2.13. The van der Waals surface area contributed by atoms with Gasteiger partial charge in [0.05, 0.1) is 14.9 Å². The van der Waals surface area contributed by atoms with Crippen molar-refractivity contribution in [3.8, 4) is 0 Å². The molecule has 0 saturated carbocycles. The first-order valence-corrected chi connectivity index (χ1v) is 8.02. The minimum atomic E-state index is -4.51. The second kappa shape index (κ2) is 5.88. The summed E-state index contributed by atoms with van der Waals surface area (Å²) in [5, 5.41) is 0. The van der Waals surface area contributed by atoms with Crippen molar-refractivity contribution in [2.24, 2.45) is 0 Å². The van der Waals surface area contributed by atoms with Gasteiger partial charge >= 0.3 is 6.18 Å². The fourth-order valence-electron chi connectivity index (χ4n) is 1.59. The molecule has 0 unspecified atom stereocenters. The van der Waals surface area contributed by atoms with Gasteiger partial charge in [-0.15, -0.1) is 0 Å². The molecule has 118 valence electrons. The van der Waals surface area contributed by atoms with E-state index in [2.05, 4.69) is 20.7 Å². The second-order valence-electron chi connectivity index (χ2n) is 4.26. The van der Waals surface area contributed by atoms with E-state index in [0.29, 0.717) is 0 Å². The number of nitrogens with one attached hydrogen (secondary N) is 1. The van der Waals surface area contributed by atoms with E-state index < -0.39 is 27.6 Å². The fourth-order valence-corrected chi connectivity index (χ4v) is 2.90. The lowest BCUT2D eigenvalue weighted by Gasteiger charge is -2.10. The highest BCUT2D eigenvalue weighted by atomic mass is 79.9. The van der Waals surface area contributed by atoms with E-state index in [1.165, 1.54) is 12.1 Å². The molecule has 0 radical (unpaired) electrons. The molecule has 2 rings (SSSR count). The average molecular weight is 398 g/mol. The SMILES string of the molecule is O=S(=O)(Nc1ccc(C(F)(F)F)cc1)c1ccc(Br)c(F)c1. The number of halogens is 5. The molecule has 0 heterocycles. The maximum absolute atomic E-state index is 13.4. The summed E-state index contributed by atoms with van der Waals surface area (Å²) in [7, 11) is -4.09. The van der Waals surface area contributed by atoms with Crippen molar-refractivity contribution in [1.82, 2.24) is 0 Å². The topological polar surface area (TPSA) is 46.2 Å². The summed E-state index contributed by atoms with van der Waals surface area (Å²) in [5.41, 5.74) is -0.957. The van der Waals surface area contributed by atoms with Gasteiger partial charge in [0, 0.05) is 5.69 Å². The van der Waals surface area contributed by atoms with Crippen molar-refractivity contribution in [2.75, 3.05) is 4.72 Å². The first-order valence-electron chi connectivity index (χ1n) is 5.75. The van der Waals surface area contributed by atoms with Crippen LogP contribution in [0, 0.1) is 5.82 Å². The Morgan fingerprint density at radius 2 is 1.59 bits per heavy atom. The van der Waals surface area contributed by atoms with Gasteiger partial charge in [-0.3, -0.25) is 4.72 Å². The summed E-state index contributed by atoms with van der Waals surface area (Å²) >= 11 is 2.89. The Labute approximate surface area is 132 Å². The predicted molar refractivity (Wildman–Crippen MR) is 76.4 cm³/mol. The molecular weight excluding hydrogens is 390 g/mol. The van der Waals surface area contributed by atoms with Crippen LogP contribution in [0.4, 0.5) is 23.2 Å². The summed E-state index contributed by atoms with van der Waals surface area (Å²) < 4.78 is 76.9. The summed E-state index contributed by atoms with van der Waals surface area (Å²) in [6.45, 7) is 0. The van der Waals surface area contributed by atoms with E-state index in [-0.39, 0.29) is 15.1 Å². The molecule has 2 aromatic carbocycles. The molecule has 0 aliphatic rings. The largest absolute Gasteiger partial charge is 0.416 e. The zero-order chi connectivity index (χ0) is 16.5. The quantitative estimate of drug-likeness (QED) is 0.779. The Kier molecular flexibility index (Phi) is 4.48. The number of rotatable bonds is 3. The number of sulfonamides is 1. The summed E-state index contributed by atoms with van der Waals surface area (Å²) in [6, 6.07) is 6.65. The Morgan fingerprint density at radius 1 is 1.00 bits per heavy atom. The van der Waals surface area contributed by atoms with Gasteiger partial charge in [-0.25, -0.2) is 12.8 Å². The van der Waals surface area contributed by atoms with Crippen LogP contribution >= 0.6 is 15.9 Å². The molecule has 0 aliphatic heterocycles. The van der Waals surface area contributed by atoms with Gasteiger partial charge in [-0.1, -0.05) is 0 Å². The lowest BCUT2D eigenvalue weighted by molar-refractivity contribution is -0.137. The molecule has 2 aromatic rings. The maximum Gasteiger partial charge on any atom is 0.416 e. The van der Waals surface area contributed by atoms with Gasteiger partial charge in [0.15, 0.2) is 0 Å². The van der Waals surface area contributed by atoms with Crippen molar-refractivity contribution in [3.63, 3.8) is 0 Å². The number of alkyl halides is 3. The monoisotopic (exact) mass is 397 g/mol. The van der Waals surface area contributed by atoms with Crippen LogP contribution in [0.1, 0.15) is 5.56 Å². The van der Waals surface area contributed by atoms with Crippen LogP contribution in [0.25, 0.3) is 0 Å². The zero-order valence-corrected chi connectivity index (χ0v) is 13.1. The van der Waals surface area contributed by atoms with E-state index in [0.717, 1.165) is 30.3 Å². The van der Waals surface area contributed by atoms with Gasteiger partial charge in [0.25, 0.3) is 10.0 Å². The first-order chi connectivity index (χ1) is 10.1. The predicted octanol–water partition coefficient (Wildman–Crippen LogP) is 4.41. The third kappa shape index (κ3) is 3.77. The highest BCUT2D eigenvalue weighted by molar-refractivity contribution is 9.10. The van der Waals surface area contributed by atoms with Crippen molar-refractivity contribution in [3.05, 3.63) is 58.3 Å². The van der Waals surface area contributed by atoms with Crippen LogP contribution in [0.3, 0.4) is 0 Å². The Bertz CT molecular complexity index is 789. The molecular formula is C13H8BrF4NO2S. The molecule has 0 atom stereocenters. The Hall–Kier alpha value is -1.61. The summed E-state index contributed by atoms with van der Waals surface area (Å²) in [6.07, 6.45) is -4.51. The van der Waals surface area contributed by atoms with Gasteiger partial charge in [-0.2, -0.15) is 13.2 Å². The van der Waals surface area contributed by atoms with Crippen LogP contribution in [0.5, 0.6) is 0 Å². The molecule has 0 fully saturated rings. The molecule has 0 amide bonds. The van der Waals surface area contributed by atoms with Crippen LogP contribution < -0.4 is 4.72 Å². The van der Waals surface area contributed by atoms with E-state index >= 15 is 0 Å². The smallest absolute Gasteiger partial charge is 0.280 e. The standard InChI is InChI=1S/C13H8BrF4NO2S/c14-11-6-5-10(7-12(11)15)22(20,21)19-9-3-1-8(2-4-9)13(16,17)18/h1-7,19H. The molecule has 1 N–H and O–H groups in total. The van der Waals surface area contributed by atoms with Gasteiger partial charge in [0.2, 0.25) is 0 Å². The van der Waals surface area contributed by atoms with E-state index in [1.807, 2.05) is 0 Å². The number of hydrogen-bond acceptors (Lipinski definition) is 2. The van der Waals surface area contributed by atoms with Crippen LogP contribution in [-0.4, -0.2) is 8.42 Å². The molecule has 9 heteroatoms. The number of benzene rings is 2. The van der Waals surface area contributed by atoms with Crippen molar-refractivity contribution >= 4 is 31.6 Å².